The first kappa shape index (κ1) is 12.2. The number of anilines is 1. The van der Waals surface area contributed by atoms with Crippen LogP contribution in [0.3, 0.4) is 0 Å². The van der Waals surface area contributed by atoms with E-state index in [1.54, 1.807) is 14.0 Å². The summed E-state index contributed by atoms with van der Waals surface area (Å²) in [6, 6.07) is 0.905. The quantitative estimate of drug-likeness (QED) is 0.665. The maximum atomic E-state index is 11.3. The molecule has 0 fully saturated rings. The number of likely N-dealkylation sites (N-methyl/N-ethyl adjacent to an activating group) is 1. The summed E-state index contributed by atoms with van der Waals surface area (Å²) < 4.78 is 0. The van der Waals surface area contributed by atoms with E-state index in [1.165, 1.54) is 6.07 Å². The van der Waals surface area contributed by atoms with E-state index in [9.17, 15) is 9.59 Å². The van der Waals surface area contributed by atoms with Gasteiger partial charge in [0.2, 0.25) is 5.91 Å². The number of aryl methyl sites for hydroxylation is 1. The van der Waals surface area contributed by atoms with E-state index in [1.807, 2.05) is 6.92 Å². The van der Waals surface area contributed by atoms with E-state index in [0.29, 0.717) is 18.1 Å². The Bertz CT molecular complexity index is 427. The predicted molar refractivity (Wildman–Crippen MR) is 61.4 cm³/mol. The molecule has 0 aliphatic heterocycles. The SMILES string of the molecule is CCc1nc(NC(C)C(=O)NC)cc(=O)[nH]1. The summed E-state index contributed by atoms with van der Waals surface area (Å²) in [5, 5.41) is 5.38. The molecule has 1 aromatic heterocycles. The Balaban J connectivity index is 2.85. The molecule has 1 unspecified atom stereocenters. The topological polar surface area (TPSA) is 86.9 Å². The summed E-state index contributed by atoms with van der Waals surface area (Å²) >= 11 is 0. The standard InChI is InChI=1S/C10H16N4O2/c1-4-7-13-8(5-9(15)14-7)12-6(2)10(16)11-3/h5-6H,4H2,1-3H3,(H,11,16)(H2,12,13,14,15). The highest BCUT2D eigenvalue weighted by molar-refractivity contribution is 5.83. The smallest absolute Gasteiger partial charge is 0.252 e. The van der Waals surface area contributed by atoms with Gasteiger partial charge in [0.1, 0.15) is 17.7 Å². The highest BCUT2D eigenvalue weighted by atomic mass is 16.2. The molecule has 1 aromatic rings. The molecule has 0 aromatic carbocycles. The van der Waals surface area contributed by atoms with Crippen molar-refractivity contribution in [2.45, 2.75) is 26.3 Å². The van der Waals surface area contributed by atoms with Crippen molar-refractivity contribution in [3.05, 3.63) is 22.2 Å². The minimum Gasteiger partial charge on any atom is -0.358 e. The van der Waals surface area contributed by atoms with Crippen molar-refractivity contribution < 1.29 is 4.79 Å². The van der Waals surface area contributed by atoms with Crippen LogP contribution in [0.5, 0.6) is 0 Å². The van der Waals surface area contributed by atoms with Gasteiger partial charge in [0.15, 0.2) is 0 Å². The fourth-order valence-corrected chi connectivity index (χ4v) is 1.25. The number of nitrogens with one attached hydrogen (secondary N) is 3. The van der Waals surface area contributed by atoms with Gasteiger partial charge in [-0.3, -0.25) is 9.59 Å². The van der Waals surface area contributed by atoms with Crippen LogP contribution in [0, 0.1) is 0 Å². The molecule has 6 nitrogen and oxygen atoms in total. The zero-order valence-electron chi connectivity index (χ0n) is 9.63. The van der Waals surface area contributed by atoms with Gasteiger partial charge in [-0.15, -0.1) is 0 Å². The molecule has 16 heavy (non-hydrogen) atoms. The monoisotopic (exact) mass is 224 g/mol. The summed E-state index contributed by atoms with van der Waals surface area (Å²) in [5.74, 6) is 0.857. The molecule has 3 N–H and O–H groups in total. The second-order valence-electron chi connectivity index (χ2n) is 3.41. The van der Waals surface area contributed by atoms with Crippen molar-refractivity contribution in [3.63, 3.8) is 0 Å². The van der Waals surface area contributed by atoms with Crippen molar-refractivity contribution in [2.24, 2.45) is 0 Å². The molecule has 1 amide bonds. The van der Waals surface area contributed by atoms with Crippen LogP contribution in [0.2, 0.25) is 0 Å². The van der Waals surface area contributed by atoms with Gasteiger partial charge >= 0.3 is 0 Å². The lowest BCUT2D eigenvalue weighted by molar-refractivity contribution is -0.121. The minimum atomic E-state index is -0.427. The van der Waals surface area contributed by atoms with Crippen molar-refractivity contribution in [1.29, 1.82) is 0 Å². The lowest BCUT2D eigenvalue weighted by Crippen LogP contribution is -2.35. The van der Waals surface area contributed by atoms with Crippen LogP contribution < -0.4 is 16.2 Å². The number of carbonyl (C=O) groups is 1. The molecule has 0 bridgehead atoms. The largest absolute Gasteiger partial charge is 0.358 e. The number of aromatic nitrogens is 2. The Morgan fingerprint density at radius 1 is 1.62 bits per heavy atom. The molecule has 0 saturated carbocycles. The third kappa shape index (κ3) is 3.08. The number of aromatic amines is 1. The molecule has 1 heterocycles. The number of amides is 1. The molecule has 0 radical (unpaired) electrons. The molecule has 0 spiro atoms. The normalized spacial score (nSPS) is 11.9. The minimum absolute atomic E-state index is 0.153. The van der Waals surface area contributed by atoms with Gasteiger partial charge in [0.05, 0.1) is 0 Å². The van der Waals surface area contributed by atoms with Gasteiger partial charge < -0.3 is 15.6 Å². The fraction of sp³-hybridized carbons (Fsp3) is 0.500. The average molecular weight is 224 g/mol. The molecule has 0 saturated heterocycles. The van der Waals surface area contributed by atoms with Crippen LogP contribution >= 0.6 is 0 Å². The van der Waals surface area contributed by atoms with Crippen molar-refractivity contribution >= 4 is 11.7 Å². The Morgan fingerprint density at radius 2 is 2.31 bits per heavy atom. The highest BCUT2D eigenvalue weighted by Crippen LogP contribution is 2.01. The van der Waals surface area contributed by atoms with Gasteiger partial charge in [0.25, 0.3) is 5.56 Å². The fourth-order valence-electron chi connectivity index (χ4n) is 1.25. The maximum absolute atomic E-state index is 11.3. The average Bonchev–Trinajstić information content (AvgIpc) is 2.26. The Hall–Kier alpha value is -1.85. The summed E-state index contributed by atoms with van der Waals surface area (Å²) in [6.07, 6.45) is 0.638. The summed E-state index contributed by atoms with van der Waals surface area (Å²) in [7, 11) is 1.56. The second-order valence-corrected chi connectivity index (χ2v) is 3.41. The van der Waals surface area contributed by atoms with E-state index in [-0.39, 0.29) is 11.5 Å². The van der Waals surface area contributed by atoms with E-state index >= 15 is 0 Å². The van der Waals surface area contributed by atoms with Gasteiger partial charge in [-0.05, 0) is 6.92 Å². The van der Waals surface area contributed by atoms with Gasteiger partial charge in [-0.25, -0.2) is 4.98 Å². The van der Waals surface area contributed by atoms with Crippen molar-refractivity contribution in [2.75, 3.05) is 12.4 Å². The second kappa shape index (κ2) is 5.29. The Labute approximate surface area is 93.5 Å². The lowest BCUT2D eigenvalue weighted by atomic mass is 10.3. The van der Waals surface area contributed by atoms with Crippen LogP contribution in [-0.4, -0.2) is 29.0 Å². The number of rotatable bonds is 4. The van der Waals surface area contributed by atoms with Gasteiger partial charge in [-0.2, -0.15) is 0 Å². The molecule has 1 rings (SSSR count). The number of hydrogen-bond donors (Lipinski definition) is 3. The first-order valence-corrected chi connectivity index (χ1v) is 5.15. The van der Waals surface area contributed by atoms with Gasteiger partial charge in [0, 0.05) is 19.5 Å². The number of carbonyl (C=O) groups excluding carboxylic acids is 1. The van der Waals surface area contributed by atoms with Crippen LogP contribution in [0.25, 0.3) is 0 Å². The molecule has 6 heteroatoms. The van der Waals surface area contributed by atoms with Crippen LogP contribution in [0.4, 0.5) is 5.82 Å². The highest BCUT2D eigenvalue weighted by Gasteiger charge is 2.11. The zero-order valence-corrected chi connectivity index (χ0v) is 9.63. The summed E-state index contributed by atoms with van der Waals surface area (Å²) in [6.45, 7) is 3.59. The predicted octanol–water partition coefficient (Wildman–Crippen LogP) is -0.121. The molecular formula is C10H16N4O2. The third-order valence-electron chi connectivity index (χ3n) is 2.13. The number of H-pyrrole nitrogens is 1. The molecular weight excluding hydrogens is 208 g/mol. The lowest BCUT2D eigenvalue weighted by Gasteiger charge is -2.12. The van der Waals surface area contributed by atoms with E-state index in [4.69, 9.17) is 0 Å². The Kier molecular flexibility index (Phi) is 4.04. The van der Waals surface area contributed by atoms with E-state index < -0.39 is 6.04 Å². The third-order valence-corrected chi connectivity index (χ3v) is 2.13. The van der Waals surface area contributed by atoms with Crippen LogP contribution in [-0.2, 0) is 11.2 Å². The van der Waals surface area contributed by atoms with E-state index in [2.05, 4.69) is 20.6 Å². The number of nitrogens with zero attached hydrogens (tertiary/aromatic N) is 1. The first-order chi connectivity index (χ1) is 7.56. The molecule has 1 atom stereocenters. The van der Waals surface area contributed by atoms with Gasteiger partial charge in [-0.1, -0.05) is 6.92 Å². The van der Waals surface area contributed by atoms with Crippen LogP contribution in [0.15, 0.2) is 10.9 Å². The first-order valence-electron chi connectivity index (χ1n) is 5.15. The zero-order chi connectivity index (χ0) is 12.1. The van der Waals surface area contributed by atoms with Crippen molar-refractivity contribution in [3.8, 4) is 0 Å². The molecule has 0 aliphatic rings. The Morgan fingerprint density at radius 3 is 2.88 bits per heavy atom. The molecule has 0 aliphatic carbocycles. The summed E-state index contributed by atoms with van der Waals surface area (Å²) in [5.41, 5.74) is -0.224. The van der Waals surface area contributed by atoms with Crippen molar-refractivity contribution in [1.82, 2.24) is 15.3 Å². The summed E-state index contributed by atoms with van der Waals surface area (Å²) in [4.78, 5) is 29.3. The molecule has 88 valence electrons. The maximum Gasteiger partial charge on any atom is 0.252 e. The number of hydrogen-bond acceptors (Lipinski definition) is 4. The van der Waals surface area contributed by atoms with Crippen LogP contribution in [0.1, 0.15) is 19.7 Å². The van der Waals surface area contributed by atoms with E-state index in [0.717, 1.165) is 0 Å².